The van der Waals surface area contributed by atoms with Crippen molar-refractivity contribution >= 4 is 62.3 Å². The molecule has 8 nitrogen and oxygen atoms in total. The van der Waals surface area contributed by atoms with Crippen LogP contribution in [0.1, 0.15) is 11.1 Å². The molecule has 0 aromatic heterocycles. The maximum atomic E-state index is 13.9. The van der Waals surface area contributed by atoms with Crippen molar-refractivity contribution in [3.63, 3.8) is 0 Å². The van der Waals surface area contributed by atoms with Gasteiger partial charge in [0.1, 0.15) is 18.3 Å². The maximum absolute atomic E-state index is 13.9. The molecule has 0 saturated carbocycles. The highest BCUT2D eigenvalue weighted by atomic mass is 35.5. The van der Waals surface area contributed by atoms with Crippen LogP contribution in [0.15, 0.2) is 66.7 Å². The molecule has 0 aliphatic rings. The minimum atomic E-state index is -3.94. The molecule has 3 aromatic carbocycles. The van der Waals surface area contributed by atoms with E-state index in [-0.39, 0.29) is 23.7 Å². The molecule has 2 amide bonds. The predicted octanol–water partition coefficient (Wildman–Crippen LogP) is 4.81. The summed E-state index contributed by atoms with van der Waals surface area (Å²) < 4.78 is 31.7. The van der Waals surface area contributed by atoms with Crippen LogP contribution in [0.4, 0.5) is 5.69 Å². The fourth-order valence-corrected chi connectivity index (χ4v) is 5.54. The van der Waals surface area contributed by atoms with Crippen molar-refractivity contribution in [2.45, 2.75) is 19.0 Å². The Bertz CT molecular complexity index is 1440. The molecule has 1 N–H and O–H groups in total. The van der Waals surface area contributed by atoms with Gasteiger partial charge in [0.25, 0.3) is 0 Å². The molecule has 0 bridgehead atoms. The number of hydrogen-bond acceptors (Lipinski definition) is 5. The molecule has 0 saturated heterocycles. The Hall–Kier alpha value is -2.98. The van der Waals surface area contributed by atoms with Crippen molar-refractivity contribution in [2.24, 2.45) is 0 Å². The Morgan fingerprint density at radius 2 is 1.67 bits per heavy atom. The lowest BCUT2D eigenvalue weighted by atomic mass is 10.0. The highest BCUT2D eigenvalue weighted by Gasteiger charge is 2.33. The summed E-state index contributed by atoms with van der Waals surface area (Å²) in [4.78, 5) is 28.4. The van der Waals surface area contributed by atoms with E-state index in [9.17, 15) is 18.0 Å². The Labute approximate surface area is 243 Å². The number of carbonyl (C=O) groups is 2. The third-order valence-corrected chi connectivity index (χ3v) is 8.00. The SMILES string of the molecule is CNC(=O)C(Cc1ccccc1)N(Cc1ccc(Cl)cc1Cl)C(=O)CN(c1ccc(OC)c(Cl)c1)S(C)(=O)=O. The Morgan fingerprint density at radius 3 is 2.23 bits per heavy atom. The molecule has 3 aromatic rings. The zero-order valence-corrected chi connectivity index (χ0v) is 24.6. The second-order valence-corrected chi connectivity index (χ2v) is 11.8. The summed E-state index contributed by atoms with van der Waals surface area (Å²) in [6.07, 6.45) is 1.17. The van der Waals surface area contributed by atoms with Crippen LogP contribution in [0, 0.1) is 0 Å². The van der Waals surface area contributed by atoms with Crippen LogP contribution in [-0.4, -0.2) is 58.1 Å². The predicted molar refractivity (Wildman–Crippen MR) is 155 cm³/mol. The lowest BCUT2D eigenvalue weighted by Crippen LogP contribution is -2.52. The molecule has 0 radical (unpaired) electrons. The van der Waals surface area contributed by atoms with Gasteiger partial charge in [0.05, 0.1) is 24.1 Å². The fourth-order valence-electron chi connectivity index (χ4n) is 3.98. The molecular weight excluding hydrogens is 585 g/mol. The Balaban J connectivity index is 2.06. The zero-order chi connectivity index (χ0) is 28.7. The van der Waals surface area contributed by atoms with E-state index in [0.29, 0.717) is 21.4 Å². The number of likely N-dealkylation sites (N-methyl/N-ethyl adjacent to an activating group) is 1. The molecule has 1 atom stereocenters. The molecule has 0 heterocycles. The first-order chi connectivity index (χ1) is 18.4. The molecule has 0 fully saturated rings. The number of anilines is 1. The average Bonchev–Trinajstić information content (AvgIpc) is 2.89. The molecule has 0 aliphatic carbocycles. The van der Waals surface area contributed by atoms with Gasteiger partial charge in [-0.25, -0.2) is 8.42 Å². The van der Waals surface area contributed by atoms with Crippen LogP contribution in [-0.2, 0) is 32.6 Å². The average molecular weight is 613 g/mol. The highest BCUT2D eigenvalue weighted by molar-refractivity contribution is 7.92. The van der Waals surface area contributed by atoms with Gasteiger partial charge >= 0.3 is 0 Å². The van der Waals surface area contributed by atoms with E-state index in [1.54, 1.807) is 12.1 Å². The minimum absolute atomic E-state index is 0.0687. The van der Waals surface area contributed by atoms with Crippen LogP contribution in [0.3, 0.4) is 0 Å². The minimum Gasteiger partial charge on any atom is -0.495 e. The van der Waals surface area contributed by atoms with E-state index < -0.39 is 34.4 Å². The molecular formula is C27H28Cl3N3O5S. The van der Waals surface area contributed by atoms with Crippen LogP contribution in [0.25, 0.3) is 0 Å². The van der Waals surface area contributed by atoms with Crippen molar-refractivity contribution in [3.8, 4) is 5.75 Å². The smallest absolute Gasteiger partial charge is 0.244 e. The van der Waals surface area contributed by atoms with E-state index in [1.807, 2.05) is 30.3 Å². The molecule has 1 unspecified atom stereocenters. The van der Waals surface area contributed by atoms with Gasteiger partial charge in [0.2, 0.25) is 21.8 Å². The first kappa shape index (κ1) is 30.6. The van der Waals surface area contributed by atoms with Crippen molar-refractivity contribution in [1.29, 1.82) is 0 Å². The van der Waals surface area contributed by atoms with E-state index in [0.717, 1.165) is 16.1 Å². The second kappa shape index (κ2) is 13.4. The summed E-state index contributed by atoms with van der Waals surface area (Å²) in [6, 6.07) is 17.4. The lowest BCUT2D eigenvalue weighted by molar-refractivity contribution is -0.139. The summed E-state index contributed by atoms with van der Waals surface area (Å²) in [5.41, 5.74) is 1.52. The number of hydrogen-bond donors (Lipinski definition) is 1. The first-order valence-electron chi connectivity index (χ1n) is 11.7. The number of sulfonamides is 1. The molecule has 208 valence electrons. The third-order valence-electron chi connectivity index (χ3n) is 5.98. The summed E-state index contributed by atoms with van der Waals surface area (Å²) in [6.45, 7) is -0.657. The third kappa shape index (κ3) is 8.02. The lowest BCUT2D eigenvalue weighted by Gasteiger charge is -2.33. The highest BCUT2D eigenvalue weighted by Crippen LogP contribution is 2.31. The molecule has 0 spiro atoms. The maximum Gasteiger partial charge on any atom is 0.244 e. The molecule has 39 heavy (non-hydrogen) atoms. The molecule has 3 rings (SSSR count). The largest absolute Gasteiger partial charge is 0.495 e. The molecule has 12 heteroatoms. The van der Waals surface area contributed by atoms with E-state index >= 15 is 0 Å². The van der Waals surface area contributed by atoms with Gasteiger partial charge in [-0.15, -0.1) is 0 Å². The van der Waals surface area contributed by atoms with Gasteiger partial charge < -0.3 is 15.0 Å². The number of methoxy groups -OCH3 is 1. The van der Waals surface area contributed by atoms with Crippen molar-refractivity contribution in [2.75, 3.05) is 31.3 Å². The second-order valence-electron chi connectivity index (χ2n) is 8.67. The number of rotatable bonds is 11. The number of amides is 2. The molecule has 0 aliphatic heterocycles. The van der Waals surface area contributed by atoms with Crippen LogP contribution in [0.5, 0.6) is 5.75 Å². The monoisotopic (exact) mass is 611 g/mol. The van der Waals surface area contributed by atoms with Crippen LogP contribution < -0.4 is 14.4 Å². The summed E-state index contributed by atoms with van der Waals surface area (Å²) in [5.74, 6) is -0.694. The van der Waals surface area contributed by atoms with Gasteiger partial charge in [-0.3, -0.25) is 13.9 Å². The Kier molecular flexibility index (Phi) is 10.5. The fraction of sp³-hybridized carbons (Fsp3) is 0.259. The van der Waals surface area contributed by atoms with Gasteiger partial charge in [0, 0.05) is 30.1 Å². The van der Waals surface area contributed by atoms with Crippen LogP contribution >= 0.6 is 34.8 Å². The number of ether oxygens (including phenoxy) is 1. The van der Waals surface area contributed by atoms with Gasteiger partial charge in [-0.1, -0.05) is 71.2 Å². The number of nitrogens with one attached hydrogen (secondary N) is 1. The summed E-state index contributed by atoms with van der Waals surface area (Å²) in [7, 11) is -1.03. The Morgan fingerprint density at radius 1 is 0.974 bits per heavy atom. The van der Waals surface area contributed by atoms with E-state index in [2.05, 4.69) is 5.32 Å². The van der Waals surface area contributed by atoms with Crippen molar-refractivity contribution in [1.82, 2.24) is 10.2 Å². The summed E-state index contributed by atoms with van der Waals surface area (Å²) >= 11 is 18.7. The van der Waals surface area contributed by atoms with E-state index in [1.165, 1.54) is 43.3 Å². The van der Waals surface area contributed by atoms with Gasteiger partial charge in [0.15, 0.2) is 0 Å². The van der Waals surface area contributed by atoms with Crippen molar-refractivity contribution in [3.05, 3.63) is 92.9 Å². The van der Waals surface area contributed by atoms with Gasteiger partial charge in [-0.2, -0.15) is 0 Å². The normalized spacial score (nSPS) is 11.9. The summed E-state index contributed by atoms with van der Waals surface area (Å²) in [5, 5.41) is 3.50. The number of halogens is 3. The number of nitrogens with zero attached hydrogens (tertiary/aromatic N) is 2. The first-order valence-corrected chi connectivity index (χ1v) is 14.7. The number of carbonyl (C=O) groups excluding carboxylic acids is 2. The standard InChI is InChI=1S/C27H28Cl3N3O5S/c1-31-27(35)24(13-18-7-5-4-6-8-18)32(16-19-9-10-20(28)14-22(19)29)26(34)17-33(39(3,36)37)21-11-12-25(38-2)23(30)15-21/h4-12,14-15,24H,13,16-17H2,1-3H3,(H,31,35). The van der Waals surface area contributed by atoms with Crippen LogP contribution in [0.2, 0.25) is 15.1 Å². The van der Waals surface area contributed by atoms with Crippen molar-refractivity contribution < 1.29 is 22.7 Å². The van der Waals surface area contributed by atoms with Gasteiger partial charge in [-0.05, 0) is 41.5 Å². The zero-order valence-electron chi connectivity index (χ0n) is 21.5. The quantitative estimate of drug-likeness (QED) is 0.335. The van der Waals surface area contributed by atoms with E-state index in [4.69, 9.17) is 39.5 Å². The number of benzene rings is 3. The topological polar surface area (TPSA) is 96.0 Å².